The third-order valence-electron chi connectivity index (χ3n) is 6.68. The van der Waals surface area contributed by atoms with E-state index in [1.165, 1.54) is 6.07 Å². The Bertz CT molecular complexity index is 986. The molecule has 3 aliphatic heterocycles. The van der Waals surface area contributed by atoms with Gasteiger partial charge in [0.1, 0.15) is 22.8 Å². The molecule has 0 radical (unpaired) electrons. The van der Waals surface area contributed by atoms with E-state index in [4.69, 9.17) is 14.2 Å². The highest BCUT2D eigenvalue weighted by Gasteiger charge is 2.29. The zero-order valence-corrected chi connectivity index (χ0v) is 19.0. The molecule has 1 aromatic carbocycles. The summed E-state index contributed by atoms with van der Waals surface area (Å²) in [6.45, 7) is 5.91. The lowest BCUT2D eigenvalue weighted by Gasteiger charge is -2.41. The fourth-order valence-electron chi connectivity index (χ4n) is 4.57. The van der Waals surface area contributed by atoms with Crippen LogP contribution in [0.5, 0.6) is 5.75 Å². The van der Waals surface area contributed by atoms with Gasteiger partial charge >= 0.3 is 0 Å². The second kappa shape index (κ2) is 11.2. The van der Waals surface area contributed by atoms with E-state index >= 15 is 0 Å². The molecular formula is C24H34FN3O4S. The van der Waals surface area contributed by atoms with E-state index in [0.29, 0.717) is 46.7 Å². The highest BCUT2D eigenvalue weighted by Crippen LogP contribution is 2.27. The number of rotatable bonds is 7. The quantitative estimate of drug-likeness (QED) is 0.650. The number of thioether (sulfide) groups is 1. The van der Waals surface area contributed by atoms with E-state index in [1.807, 2.05) is 0 Å². The van der Waals surface area contributed by atoms with E-state index in [-0.39, 0.29) is 12.8 Å². The van der Waals surface area contributed by atoms with E-state index in [2.05, 4.69) is 14.9 Å². The van der Waals surface area contributed by atoms with Gasteiger partial charge in [-0.1, -0.05) is 7.43 Å². The van der Waals surface area contributed by atoms with Crippen molar-refractivity contribution in [2.45, 2.75) is 50.2 Å². The Balaban J connectivity index is 0.00000259. The molecule has 0 atom stereocenters. The Labute approximate surface area is 198 Å². The molecule has 0 amide bonds. The lowest BCUT2D eigenvalue weighted by Crippen LogP contribution is -2.52. The zero-order chi connectivity index (χ0) is 21.9. The van der Waals surface area contributed by atoms with Crippen molar-refractivity contribution in [3.05, 3.63) is 34.1 Å². The van der Waals surface area contributed by atoms with Gasteiger partial charge in [-0.25, -0.2) is 9.37 Å². The van der Waals surface area contributed by atoms with Crippen molar-refractivity contribution in [2.75, 3.05) is 46.1 Å². The Hall–Kier alpha value is -1.68. The molecular weight excluding hydrogens is 445 g/mol. The largest absolute Gasteiger partial charge is 0.493 e. The molecule has 3 fully saturated rings. The summed E-state index contributed by atoms with van der Waals surface area (Å²) in [6, 6.07) is 3.57. The summed E-state index contributed by atoms with van der Waals surface area (Å²) in [4.78, 5) is 22.3. The Morgan fingerprint density at radius 3 is 2.61 bits per heavy atom. The van der Waals surface area contributed by atoms with E-state index in [1.54, 1.807) is 17.8 Å². The number of H-pyrrole nitrogens is 1. The summed E-state index contributed by atoms with van der Waals surface area (Å²) in [5.41, 5.74) is -0.0832. The van der Waals surface area contributed by atoms with Gasteiger partial charge < -0.3 is 19.2 Å². The Kier molecular flexibility index (Phi) is 8.27. The average molecular weight is 480 g/mol. The number of halogens is 1. The molecule has 0 unspecified atom stereocenters. The molecule has 0 spiro atoms. The predicted molar refractivity (Wildman–Crippen MR) is 129 cm³/mol. The second-order valence-corrected chi connectivity index (χ2v) is 10.2. The average Bonchev–Trinajstić information content (AvgIpc) is 2.76. The zero-order valence-electron chi connectivity index (χ0n) is 18.2. The van der Waals surface area contributed by atoms with Gasteiger partial charge in [-0.15, -0.1) is 0 Å². The third kappa shape index (κ3) is 5.88. The molecule has 5 rings (SSSR count). The van der Waals surface area contributed by atoms with Gasteiger partial charge in [0.05, 0.1) is 37.1 Å². The number of aromatic amines is 1. The maximum atomic E-state index is 14.7. The first kappa shape index (κ1) is 24.4. The Morgan fingerprint density at radius 2 is 1.91 bits per heavy atom. The number of benzene rings is 1. The number of ether oxygens (including phenoxy) is 3. The van der Waals surface area contributed by atoms with E-state index in [0.717, 1.165) is 65.2 Å². The minimum atomic E-state index is -0.588. The van der Waals surface area contributed by atoms with Crippen LogP contribution in [0.1, 0.15) is 38.9 Å². The fourth-order valence-corrected chi connectivity index (χ4v) is 5.63. The monoisotopic (exact) mass is 479 g/mol. The first-order valence-corrected chi connectivity index (χ1v) is 12.6. The molecule has 3 saturated heterocycles. The molecule has 7 nitrogen and oxygen atoms in total. The molecule has 2 aromatic rings. The van der Waals surface area contributed by atoms with Crippen LogP contribution in [0.15, 0.2) is 16.9 Å². The highest BCUT2D eigenvalue weighted by atomic mass is 32.2. The van der Waals surface area contributed by atoms with Crippen LogP contribution < -0.4 is 10.3 Å². The smallest absolute Gasteiger partial charge is 0.261 e. The first-order chi connectivity index (χ1) is 15.7. The number of fused-ring (bicyclic) bond motifs is 1. The summed E-state index contributed by atoms with van der Waals surface area (Å²) in [5, 5.41) is 0.493. The number of piperidine rings is 1. The topological polar surface area (TPSA) is 76.7 Å². The normalized spacial score (nSPS) is 21.0. The molecule has 1 aromatic heterocycles. The predicted octanol–water partition coefficient (Wildman–Crippen LogP) is 3.60. The van der Waals surface area contributed by atoms with Crippen molar-refractivity contribution < 1.29 is 18.6 Å². The van der Waals surface area contributed by atoms with E-state index in [9.17, 15) is 9.18 Å². The number of nitrogens with one attached hydrogen (secondary N) is 1. The van der Waals surface area contributed by atoms with Crippen LogP contribution in [0, 0.1) is 11.7 Å². The van der Waals surface area contributed by atoms with Crippen LogP contribution >= 0.6 is 11.8 Å². The molecule has 4 heterocycles. The van der Waals surface area contributed by atoms with E-state index < -0.39 is 11.4 Å². The maximum Gasteiger partial charge on any atom is 0.261 e. The number of aromatic nitrogens is 2. The molecule has 182 valence electrons. The van der Waals surface area contributed by atoms with Crippen molar-refractivity contribution in [3.63, 3.8) is 0 Å². The SMILES string of the molecule is C.O=c1[nH]c(CSC2CCOCC2)nc2cc(OCC3CCN(C4COC4)CC3)cc(F)c12. The van der Waals surface area contributed by atoms with Gasteiger partial charge in [-0.05, 0) is 44.7 Å². The number of hydrogen-bond donors (Lipinski definition) is 1. The van der Waals surface area contributed by atoms with Gasteiger partial charge in [0, 0.05) is 30.6 Å². The minimum Gasteiger partial charge on any atom is -0.493 e. The summed E-state index contributed by atoms with van der Waals surface area (Å²) < 4.78 is 31.3. The van der Waals surface area contributed by atoms with Crippen molar-refractivity contribution >= 4 is 22.7 Å². The van der Waals surface area contributed by atoms with Gasteiger partial charge in [-0.3, -0.25) is 9.69 Å². The van der Waals surface area contributed by atoms with Crippen molar-refractivity contribution in [1.82, 2.24) is 14.9 Å². The lowest BCUT2D eigenvalue weighted by molar-refractivity contribution is -0.0750. The molecule has 9 heteroatoms. The molecule has 0 aliphatic carbocycles. The van der Waals surface area contributed by atoms with Crippen LogP contribution in [0.3, 0.4) is 0 Å². The van der Waals surface area contributed by atoms with Crippen LogP contribution in [0.25, 0.3) is 10.9 Å². The Morgan fingerprint density at radius 1 is 1.15 bits per heavy atom. The third-order valence-corrected chi connectivity index (χ3v) is 8.06. The second-order valence-electron chi connectivity index (χ2n) is 8.92. The van der Waals surface area contributed by atoms with Gasteiger partial charge in [-0.2, -0.15) is 11.8 Å². The molecule has 0 bridgehead atoms. The van der Waals surface area contributed by atoms with Gasteiger partial charge in [0.15, 0.2) is 0 Å². The van der Waals surface area contributed by atoms with Gasteiger partial charge in [0.25, 0.3) is 5.56 Å². The van der Waals surface area contributed by atoms with Crippen molar-refractivity contribution in [2.24, 2.45) is 5.92 Å². The van der Waals surface area contributed by atoms with Crippen LogP contribution in [-0.2, 0) is 15.2 Å². The number of hydrogen-bond acceptors (Lipinski definition) is 7. The molecule has 33 heavy (non-hydrogen) atoms. The maximum absolute atomic E-state index is 14.7. The first-order valence-electron chi connectivity index (χ1n) is 11.5. The minimum absolute atomic E-state index is 0. The van der Waals surface area contributed by atoms with Crippen molar-refractivity contribution in [1.29, 1.82) is 0 Å². The number of likely N-dealkylation sites (tertiary alicyclic amines) is 1. The highest BCUT2D eigenvalue weighted by molar-refractivity contribution is 7.99. The molecule has 0 saturated carbocycles. The molecule has 1 N–H and O–H groups in total. The lowest BCUT2D eigenvalue weighted by atomic mass is 9.96. The summed E-state index contributed by atoms with van der Waals surface area (Å²) >= 11 is 1.76. The summed E-state index contributed by atoms with van der Waals surface area (Å²) in [6.07, 6.45) is 4.14. The summed E-state index contributed by atoms with van der Waals surface area (Å²) in [5.74, 6) is 1.46. The van der Waals surface area contributed by atoms with Crippen LogP contribution in [0.2, 0.25) is 0 Å². The van der Waals surface area contributed by atoms with Crippen LogP contribution in [-0.4, -0.2) is 72.3 Å². The fraction of sp³-hybridized carbons (Fsp3) is 0.667. The van der Waals surface area contributed by atoms with Gasteiger partial charge in [0.2, 0.25) is 0 Å². The van der Waals surface area contributed by atoms with Crippen molar-refractivity contribution in [3.8, 4) is 5.75 Å². The standard InChI is InChI=1S/C23H30FN3O4S.CH4/c24-19-9-17(31-11-15-1-5-27(6-2-15)16-12-30-13-16)10-20-22(19)23(28)26-21(25-20)14-32-18-3-7-29-8-4-18;/h9-10,15-16,18H,1-8,11-14H2,(H,25,26,28);1H4. The number of nitrogens with zero attached hydrogens (tertiary/aromatic N) is 2. The van der Waals surface area contributed by atoms with Crippen LogP contribution in [0.4, 0.5) is 4.39 Å². The summed E-state index contributed by atoms with van der Waals surface area (Å²) in [7, 11) is 0. The molecule has 3 aliphatic rings.